The van der Waals surface area contributed by atoms with Gasteiger partial charge in [-0.05, 0) is 30.4 Å². The summed E-state index contributed by atoms with van der Waals surface area (Å²) in [6, 6.07) is 3.45. The van der Waals surface area contributed by atoms with Crippen LogP contribution >= 0.6 is 28.1 Å². The fraction of sp³-hybridized carbons (Fsp3) is 0.188. The van der Waals surface area contributed by atoms with Crippen LogP contribution in [0, 0.1) is 0 Å². The van der Waals surface area contributed by atoms with Gasteiger partial charge in [0.2, 0.25) is 0 Å². The highest BCUT2D eigenvalue weighted by Crippen LogP contribution is 2.36. The third kappa shape index (κ3) is 3.49. The Balaban J connectivity index is 2.55. The molecule has 1 fully saturated rings. The van der Waals surface area contributed by atoms with Gasteiger partial charge in [-0.15, -0.1) is 6.58 Å². The molecule has 1 aliphatic rings. The second kappa shape index (κ2) is 7.59. The molecule has 1 aromatic carbocycles. The maximum atomic E-state index is 12.6. The molecule has 0 bridgehead atoms. The molecule has 1 aromatic rings. The van der Waals surface area contributed by atoms with Crippen molar-refractivity contribution in [3.05, 3.63) is 40.4 Å². The molecule has 0 aliphatic carbocycles. The second-order valence-electron chi connectivity index (χ2n) is 4.75. The van der Waals surface area contributed by atoms with E-state index in [-0.39, 0.29) is 17.2 Å². The lowest BCUT2D eigenvalue weighted by molar-refractivity contribution is -0.128. The summed E-state index contributed by atoms with van der Waals surface area (Å²) in [6.07, 6.45) is 2.98. The molecule has 1 N–H and O–H groups in total. The van der Waals surface area contributed by atoms with Gasteiger partial charge in [0, 0.05) is 16.6 Å². The normalized spacial score (nSPS) is 16.2. The molecule has 0 radical (unpaired) electrons. The molecule has 1 saturated heterocycles. The van der Waals surface area contributed by atoms with Crippen molar-refractivity contribution in [2.45, 2.75) is 0 Å². The molecule has 6 nitrogen and oxygen atoms in total. The van der Waals surface area contributed by atoms with E-state index in [1.54, 1.807) is 12.1 Å². The molecule has 126 valence electrons. The maximum absolute atomic E-state index is 12.6. The standard InChI is InChI=1S/C16H15BrN2O4S/c1-4-5-19-15(21)11(14(20)18-16(19)24)7-9-6-10(17)8-12(22-2)13(9)23-3/h4,6-8H,1,5H2,2-3H3,(H,18,20,24)/b11-7-. The molecule has 0 saturated carbocycles. The molecule has 24 heavy (non-hydrogen) atoms. The van der Waals surface area contributed by atoms with Crippen molar-refractivity contribution in [1.82, 2.24) is 10.2 Å². The Morgan fingerprint density at radius 3 is 2.62 bits per heavy atom. The summed E-state index contributed by atoms with van der Waals surface area (Å²) < 4.78 is 11.3. The van der Waals surface area contributed by atoms with Gasteiger partial charge in [-0.3, -0.25) is 19.8 Å². The number of hydrogen-bond acceptors (Lipinski definition) is 5. The summed E-state index contributed by atoms with van der Waals surface area (Å²) in [7, 11) is 2.99. The Labute approximate surface area is 153 Å². The number of methoxy groups -OCH3 is 2. The molecule has 2 amide bonds. The van der Waals surface area contributed by atoms with Gasteiger partial charge in [0.25, 0.3) is 11.8 Å². The quantitative estimate of drug-likeness (QED) is 0.349. The maximum Gasteiger partial charge on any atom is 0.265 e. The highest BCUT2D eigenvalue weighted by Gasteiger charge is 2.33. The van der Waals surface area contributed by atoms with Crippen molar-refractivity contribution in [3.63, 3.8) is 0 Å². The van der Waals surface area contributed by atoms with Gasteiger partial charge < -0.3 is 9.47 Å². The number of ether oxygens (including phenoxy) is 2. The third-order valence-electron chi connectivity index (χ3n) is 3.27. The first-order valence-corrected chi connectivity index (χ1v) is 8.04. The number of nitrogens with zero attached hydrogens (tertiary/aromatic N) is 1. The van der Waals surface area contributed by atoms with Crippen molar-refractivity contribution in [2.24, 2.45) is 0 Å². The zero-order chi connectivity index (χ0) is 17.9. The van der Waals surface area contributed by atoms with Crippen molar-refractivity contribution >= 4 is 51.2 Å². The third-order valence-corrected chi connectivity index (χ3v) is 4.05. The van der Waals surface area contributed by atoms with Crippen molar-refractivity contribution < 1.29 is 19.1 Å². The number of hydrogen-bond donors (Lipinski definition) is 1. The number of nitrogens with one attached hydrogen (secondary N) is 1. The minimum absolute atomic E-state index is 0.0519. The molecule has 0 atom stereocenters. The number of thiocarbonyl (C=S) groups is 1. The van der Waals surface area contributed by atoms with Crippen LogP contribution in [0.1, 0.15) is 5.56 Å². The SMILES string of the molecule is C=CCN1C(=O)/C(=C\c2cc(Br)cc(OC)c2OC)C(=O)NC1=S. The van der Waals surface area contributed by atoms with Gasteiger partial charge in [-0.1, -0.05) is 22.0 Å². The highest BCUT2D eigenvalue weighted by molar-refractivity contribution is 9.10. The van der Waals surface area contributed by atoms with Gasteiger partial charge in [0.05, 0.1) is 14.2 Å². The van der Waals surface area contributed by atoms with E-state index in [1.807, 2.05) is 0 Å². The lowest BCUT2D eigenvalue weighted by atomic mass is 10.1. The Kier molecular flexibility index (Phi) is 5.74. The van der Waals surface area contributed by atoms with Crippen molar-refractivity contribution in [2.75, 3.05) is 20.8 Å². The summed E-state index contributed by atoms with van der Waals surface area (Å²) in [5.74, 6) is -0.172. The van der Waals surface area contributed by atoms with Crippen LogP contribution in [-0.2, 0) is 9.59 Å². The van der Waals surface area contributed by atoms with Crippen LogP contribution in [0.3, 0.4) is 0 Å². The summed E-state index contributed by atoms with van der Waals surface area (Å²) >= 11 is 8.38. The Morgan fingerprint density at radius 2 is 2.04 bits per heavy atom. The first-order chi connectivity index (χ1) is 11.4. The van der Waals surface area contributed by atoms with Crippen LogP contribution in [0.25, 0.3) is 6.08 Å². The van der Waals surface area contributed by atoms with Crippen molar-refractivity contribution in [1.29, 1.82) is 0 Å². The monoisotopic (exact) mass is 410 g/mol. The van der Waals surface area contributed by atoms with E-state index in [1.165, 1.54) is 31.3 Å². The number of amides is 2. The molecular weight excluding hydrogens is 396 g/mol. The summed E-state index contributed by atoms with van der Waals surface area (Å²) in [5.41, 5.74) is 0.470. The Morgan fingerprint density at radius 1 is 1.33 bits per heavy atom. The topological polar surface area (TPSA) is 67.9 Å². The van der Waals surface area contributed by atoms with E-state index in [0.29, 0.717) is 21.5 Å². The van der Waals surface area contributed by atoms with E-state index in [0.717, 1.165) is 0 Å². The predicted molar refractivity (Wildman–Crippen MR) is 97.9 cm³/mol. The average Bonchev–Trinajstić information content (AvgIpc) is 2.54. The summed E-state index contributed by atoms with van der Waals surface area (Å²) in [6.45, 7) is 3.79. The van der Waals surface area contributed by atoms with E-state index in [9.17, 15) is 9.59 Å². The van der Waals surface area contributed by atoms with E-state index < -0.39 is 11.8 Å². The van der Waals surface area contributed by atoms with E-state index >= 15 is 0 Å². The van der Waals surface area contributed by atoms with Crippen LogP contribution < -0.4 is 14.8 Å². The second-order valence-corrected chi connectivity index (χ2v) is 6.05. The first kappa shape index (κ1) is 18.2. The summed E-state index contributed by atoms with van der Waals surface area (Å²) in [5, 5.41) is 2.55. The van der Waals surface area contributed by atoms with E-state index in [4.69, 9.17) is 21.7 Å². The largest absolute Gasteiger partial charge is 0.493 e. The van der Waals surface area contributed by atoms with Crippen molar-refractivity contribution in [3.8, 4) is 11.5 Å². The first-order valence-electron chi connectivity index (χ1n) is 6.84. The lowest BCUT2D eigenvalue weighted by Crippen LogP contribution is -2.53. The zero-order valence-corrected chi connectivity index (χ0v) is 15.5. The smallest absolute Gasteiger partial charge is 0.265 e. The van der Waals surface area contributed by atoms with Gasteiger partial charge in [-0.25, -0.2) is 0 Å². The minimum Gasteiger partial charge on any atom is -0.493 e. The number of carbonyl (C=O) groups excluding carboxylic acids is 2. The molecule has 2 rings (SSSR count). The van der Waals surface area contributed by atoms with Gasteiger partial charge in [-0.2, -0.15) is 0 Å². The van der Waals surface area contributed by atoms with E-state index in [2.05, 4.69) is 27.8 Å². The molecule has 0 unspecified atom stereocenters. The summed E-state index contributed by atoms with van der Waals surface area (Å²) in [4.78, 5) is 26.0. The van der Waals surface area contributed by atoms with Gasteiger partial charge in [0.15, 0.2) is 16.6 Å². The highest BCUT2D eigenvalue weighted by atomic mass is 79.9. The fourth-order valence-electron chi connectivity index (χ4n) is 2.21. The van der Waals surface area contributed by atoms with Gasteiger partial charge >= 0.3 is 0 Å². The van der Waals surface area contributed by atoms with Crippen LogP contribution in [0.2, 0.25) is 0 Å². The molecule has 8 heteroatoms. The van der Waals surface area contributed by atoms with Crippen LogP contribution in [0.15, 0.2) is 34.8 Å². The molecule has 0 spiro atoms. The average molecular weight is 411 g/mol. The zero-order valence-electron chi connectivity index (χ0n) is 13.1. The number of halogens is 1. The number of carbonyl (C=O) groups is 2. The molecule has 0 aromatic heterocycles. The predicted octanol–water partition coefficient (Wildman–Crippen LogP) is 2.28. The van der Waals surface area contributed by atoms with Crippen LogP contribution in [0.5, 0.6) is 11.5 Å². The minimum atomic E-state index is -0.564. The number of benzene rings is 1. The molecule has 1 heterocycles. The fourth-order valence-corrected chi connectivity index (χ4v) is 2.92. The Hall–Kier alpha value is -2.19. The molecule has 1 aliphatic heterocycles. The van der Waals surface area contributed by atoms with Crippen LogP contribution in [0.4, 0.5) is 0 Å². The number of rotatable bonds is 5. The lowest BCUT2D eigenvalue weighted by Gasteiger charge is -2.27. The molecular formula is C16H15BrN2O4S. The Bertz CT molecular complexity index is 761. The van der Waals surface area contributed by atoms with Gasteiger partial charge in [0.1, 0.15) is 5.57 Å². The van der Waals surface area contributed by atoms with Crippen LogP contribution in [-0.4, -0.2) is 42.6 Å².